The van der Waals surface area contributed by atoms with E-state index in [2.05, 4.69) is 16.9 Å². The number of hydrogen-bond donors (Lipinski definition) is 0. The van der Waals surface area contributed by atoms with Gasteiger partial charge in [-0.2, -0.15) is 5.10 Å². The van der Waals surface area contributed by atoms with Crippen LogP contribution in [0.25, 0.3) is 0 Å². The van der Waals surface area contributed by atoms with Gasteiger partial charge in [-0.1, -0.05) is 6.92 Å². The first-order valence-electron chi connectivity index (χ1n) is 8.16. The second-order valence-electron chi connectivity index (χ2n) is 5.85. The highest BCUT2D eigenvalue weighted by Crippen LogP contribution is 2.17. The maximum Gasteiger partial charge on any atom is 0.184 e. The Morgan fingerprint density at radius 2 is 1.91 bits per heavy atom. The van der Waals surface area contributed by atoms with Crippen LogP contribution >= 0.6 is 0 Å². The Morgan fingerprint density at radius 3 is 2.57 bits per heavy atom. The van der Waals surface area contributed by atoms with Crippen molar-refractivity contribution in [3.63, 3.8) is 0 Å². The zero-order chi connectivity index (χ0) is 16.2. The highest BCUT2D eigenvalue weighted by molar-refractivity contribution is 5.96. The number of carbonyl (C=O) groups excluding carboxylic acids is 1. The fraction of sp³-hybridized carbons (Fsp3) is 0.444. The molecular weight excluding hydrogens is 290 g/mol. The van der Waals surface area contributed by atoms with Crippen LogP contribution in [-0.4, -0.2) is 41.9 Å². The van der Waals surface area contributed by atoms with E-state index in [0.29, 0.717) is 6.54 Å². The number of carbonyl (C=O) groups is 1. The zero-order valence-electron chi connectivity index (χ0n) is 13.8. The third-order valence-electron chi connectivity index (χ3n) is 4.35. The van der Waals surface area contributed by atoms with Crippen molar-refractivity contribution in [2.24, 2.45) is 0 Å². The average molecular weight is 313 g/mol. The van der Waals surface area contributed by atoms with Crippen LogP contribution < -0.4 is 4.90 Å². The van der Waals surface area contributed by atoms with Gasteiger partial charge in [0.25, 0.3) is 0 Å². The van der Waals surface area contributed by atoms with Crippen molar-refractivity contribution in [1.29, 1.82) is 0 Å². The van der Waals surface area contributed by atoms with Gasteiger partial charge in [-0.15, -0.1) is 0 Å². The van der Waals surface area contributed by atoms with Crippen molar-refractivity contribution < 1.29 is 9.53 Å². The minimum atomic E-state index is 0.0938. The van der Waals surface area contributed by atoms with E-state index in [0.717, 1.165) is 55.2 Å². The topological polar surface area (TPSA) is 47.4 Å². The van der Waals surface area contributed by atoms with Crippen LogP contribution in [0.2, 0.25) is 0 Å². The van der Waals surface area contributed by atoms with Crippen LogP contribution in [0.5, 0.6) is 0 Å². The summed E-state index contributed by atoms with van der Waals surface area (Å²) in [6.07, 6.45) is 2.71. The SMILES string of the molecule is CCc1c(C)cnn1CC(=O)c1ccc(N2CCOCC2)cc1. The van der Waals surface area contributed by atoms with Gasteiger partial charge in [0.2, 0.25) is 0 Å². The Hall–Kier alpha value is -2.14. The molecule has 0 atom stereocenters. The maximum atomic E-state index is 12.5. The second kappa shape index (κ2) is 6.96. The molecule has 3 rings (SSSR count). The van der Waals surface area contributed by atoms with Crippen molar-refractivity contribution in [2.45, 2.75) is 26.8 Å². The van der Waals surface area contributed by atoms with Gasteiger partial charge in [-0.05, 0) is 43.2 Å². The van der Waals surface area contributed by atoms with Crippen LogP contribution in [0.4, 0.5) is 5.69 Å². The van der Waals surface area contributed by atoms with Gasteiger partial charge in [0.05, 0.1) is 19.4 Å². The summed E-state index contributed by atoms with van der Waals surface area (Å²) in [6, 6.07) is 7.87. The molecule has 0 radical (unpaired) electrons. The molecular formula is C18H23N3O2. The summed E-state index contributed by atoms with van der Waals surface area (Å²) in [5.41, 5.74) is 4.15. The van der Waals surface area contributed by atoms with Crippen molar-refractivity contribution in [1.82, 2.24) is 9.78 Å². The third kappa shape index (κ3) is 3.45. The van der Waals surface area contributed by atoms with Gasteiger partial charge in [0, 0.05) is 30.0 Å². The standard InChI is InChI=1S/C18H23N3O2/c1-3-17-14(2)12-19-21(17)13-18(22)15-4-6-16(7-5-15)20-8-10-23-11-9-20/h4-7,12H,3,8-11,13H2,1-2H3. The van der Waals surface area contributed by atoms with Gasteiger partial charge < -0.3 is 9.64 Å². The molecule has 1 aromatic carbocycles. The third-order valence-corrected chi connectivity index (χ3v) is 4.35. The molecule has 122 valence electrons. The lowest BCUT2D eigenvalue weighted by molar-refractivity contribution is 0.0966. The molecule has 0 amide bonds. The molecule has 5 heteroatoms. The molecule has 1 aromatic heterocycles. The predicted octanol–water partition coefficient (Wildman–Crippen LogP) is 2.47. The van der Waals surface area contributed by atoms with E-state index in [-0.39, 0.29) is 5.78 Å². The minimum absolute atomic E-state index is 0.0938. The van der Waals surface area contributed by atoms with E-state index in [9.17, 15) is 4.79 Å². The lowest BCUT2D eigenvalue weighted by Gasteiger charge is -2.28. The molecule has 23 heavy (non-hydrogen) atoms. The number of ketones is 1. The number of morpholine rings is 1. The van der Waals surface area contributed by atoms with Crippen molar-refractivity contribution in [3.05, 3.63) is 47.3 Å². The highest BCUT2D eigenvalue weighted by Gasteiger charge is 2.14. The van der Waals surface area contributed by atoms with Crippen LogP contribution in [0.3, 0.4) is 0 Å². The van der Waals surface area contributed by atoms with Gasteiger partial charge in [0.15, 0.2) is 5.78 Å². The first-order chi connectivity index (χ1) is 11.2. The minimum Gasteiger partial charge on any atom is -0.378 e. The number of hydrogen-bond acceptors (Lipinski definition) is 4. The molecule has 1 fully saturated rings. The molecule has 0 unspecified atom stereocenters. The number of nitrogens with zero attached hydrogens (tertiary/aromatic N) is 3. The van der Waals surface area contributed by atoms with Crippen molar-refractivity contribution in [2.75, 3.05) is 31.2 Å². The lowest BCUT2D eigenvalue weighted by Crippen LogP contribution is -2.36. The quantitative estimate of drug-likeness (QED) is 0.796. The molecule has 1 aliphatic heterocycles. The molecule has 0 bridgehead atoms. The number of ether oxygens (including phenoxy) is 1. The Balaban J connectivity index is 1.70. The smallest absolute Gasteiger partial charge is 0.184 e. The molecule has 1 saturated heterocycles. The Kier molecular flexibility index (Phi) is 4.76. The first-order valence-corrected chi connectivity index (χ1v) is 8.16. The predicted molar refractivity (Wildman–Crippen MR) is 90.1 cm³/mol. The van der Waals surface area contributed by atoms with Gasteiger partial charge in [-0.25, -0.2) is 0 Å². The number of benzene rings is 1. The summed E-state index contributed by atoms with van der Waals surface area (Å²) in [5.74, 6) is 0.0938. The maximum absolute atomic E-state index is 12.5. The Labute approximate surface area is 136 Å². The molecule has 5 nitrogen and oxygen atoms in total. The average Bonchev–Trinajstić information content (AvgIpc) is 2.95. The fourth-order valence-electron chi connectivity index (χ4n) is 3.01. The summed E-state index contributed by atoms with van der Waals surface area (Å²) >= 11 is 0. The summed E-state index contributed by atoms with van der Waals surface area (Å²) in [6.45, 7) is 7.75. The van der Waals surface area contributed by atoms with Crippen LogP contribution in [0.15, 0.2) is 30.5 Å². The number of Topliss-reactive ketones (excluding diaryl/α,β-unsaturated/α-hetero) is 1. The van der Waals surface area contributed by atoms with E-state index in [1.54, 1.807) is 0 Å². The van der Waals surface area contributed by atoms with Gasteiger partial charge >= 0.3 is 0 Å². The van der Waals surface area contributed by atoms with Crippen molar-refractivity contribution in [3.8, 4) is 0 Å². The van der Waals surface area contributed by atoms with E-state index in [4.69, 9.17) is 4.74 Å². The molecule has 0 aliphatic carbocycles. The number of aromatic nitrogens is 2. The monoisotopic (exact) mass is 313 g/mol. The summed E-state index contributed by atoms with van der Waals surface area (Å²) in [7, 11) is 0. The Bertz CT molecular complexity index is 670. The number of aryl methyl sites for hydroxylation is 1. The molecule has 2 aromatic rings. The van der Waals surface area contributed by atoms with Crippen LogP contribution in [0.1, 0.15) is 28.5 Å². The first kappa shape index (κ1) is 15.7. The van der Waals surface area contributed by atoms with Crippen molar-refractivity contribution >= 4 is 11.5 Å². The molecule has 0 saturated carbocycles. The van der Waals surface area contributed by atoms with Gasteiger partial charge in [0.1, 0.15) is 6.54 Å². The molecule has 2 heterocycles. The number of anilines is 1. The van der Waals surface area contributed by atoms with Gasteiger partial charge in [-0.3, -0.25) is 9.48 Å². The van der Waals surface area contributed by atoms with E-state index < -0.39 is 0 Å². The Morgan fingerprint density at radius 1 is 1.22 bits per heavy atom. The van der Waals surface area contributed by atoms with Crippen LogP contribution in [-0.2, 0) is 17.7 Å². The summed E-state index contributed by atoms with van der Waals surface area (Å²) in [5, 5.41) is 4.32. The molecule has 0 spiro atoms. The molecule has 0 N–H and O–H groups in total. The lowest BCUT2D eigenvalue weighted by atomic mass is 10.1. The summed E-state index contributed by atoms with van der Waals surface area (Å²) < 4.78 is 7.18. The summed E-state index contributed by atoms with van der Waals surface area (Å²) in [4.78, 5) is 14.8. The van der Waals surface area contributed by atoms with Crippen LogP contribution in [0, 0.1) is 6.92 Å². The van der Waals surface area contributed by atoms with E-state index >= 15 is 0 Å². The van der Waals surface area contributed by atoms with E-state index in [1.165, 1.54) is 0 Å². The fourth-order valence-corrected chi connectivity index (χ4v) is 3.01. The zero-order valence-corrected chi connectivity index (χ0v) is 13.8. The number of rotatable bonds is 5. The normalized spacial score (nSPS) is 15.0. The van der Waals surface area contributed by atoms with E-state index in [1.807, 2.05) is 42.1 Å². The molecule has 1 aliphatic rings. The largest absolute Gasteiger partial charge is 0.378 e. The highest BCUT2D eigenvalue weighted by atomic mass is 16.5. The second-order valence-corrected chi connectivity index (χ2v) is 5.85.